The van der Waals surface area contributed by atoms with E-state index < -0.39 is 0 Å². The molecule has 0 bridgehead atoms. The summed E-state index contributed by atoms with van der Waals surface area (Å²) in [6.07, 6.45) is 2.41. The Labute approximate surface area is 107 Å². The lowest BCUT2D eigenvalue weighted by Gasteiger charge is -2.45. The molecule has 1 N–H and O–H groups in total. The molecular weight excluding hydrogens is 212 g/mol. The molecule has 1 aliphatic rings. The first kappa shape index (κ1) is 14.9. The Balaban J connectivity index is 2.49. The lowest BCUT2D eigenvalue weighted by atomic mass is 9.86. The summed E-state index contributed by atoms with van der Waals surface area (Å²) in [6.45, 7) is 12.5. The van der Waals surface area contributed by atoms with Crippen LogP contribution < -0.4 is 5.32 Å². The highest BCUT2D eigenvalue weighted by atomic mass is 16.5. The van der Waals surface area contributed by atoms with Crippen molar-refractivity contribution in [2.45, 2.75) is 58.7 Å². The number of hydrogen-bond acceptors (Lipinski definition) is 3. The maximum Gasteiger partial charge on any atom is 0.0477 e. The first-order valence-corrected chi connectivity index (χ1v) is 7.09. The van der Waals surface area contributed by atoms with Crippen molar-refractivity contribution in [1.82, 2.24) is 10.2 Å². The molecule has 4 atom stereocenters. The summed E-state index contributed by atoms with van der Waals surface area (Å²) in [5.74, 6) is 0.730. The average Bonchev–Trinajstić information content (AvgIpc) is 2.32. The van der Waals surface area contributed by atoms with E-state index in [1.54, 1.807) is 7.11 Å². The van der Waals surface area contributed by atoms with Crippen LogP contribution in [0.15, 0.2) is 0 Å². The fourth-order valence-corrected chi connectivity index (χ4v) is 3.02. The summed E-state index contributed by atoms with van der Waals surface area (Å²) in [4.78, 5) is 2.65. The molecule has 0 aromatic rings. The van der Waals surface area contributed by atoms with Gasteiger partial charge in [-0.3, -0.25) is 4.90 Å². The van der Waals surface area contributed by atoms with Gasteiger partial charge in [0.1, 0.15) is 0 Å². The Morgan fingerprint density at radius 3 is 2.71 bits per heavy atom. The third-order valence-corrected chi connectivity index (χ3v) is 4.39. The molecule has 0 amide bonds. The van der Waals surface area contributed by atoms with Crippen LogP contribution in [-0.4, -0.2) is 49.8 Å². The number of rotatable bonds is 6. The van der Waals surface area contributed by atoms with E-state index in [1.807, 2.05) is 0 Å². The number of piperidine rings is 1. The maximum atomic E-state index is 5.19. The normalized spacial score (nSPS) is 32.6. The van der Waals surface area contributed by atoms with Gasteiger partial charge in [0, 0.05) is 38.4 Å². The quantitative estimate of drug-likeness (QED) is 0.772. The second-order valence-corrected chi connectivity index (χ2v) is 5.42. The van der Waals surface area contributed by atoms with E-state index in [0.29, 0.717) is 18.1 Å². The minimum atomic E-state index is 0.634. The number of hydrogen-bond donors (Lipinski definition) is 1. The molecule has 1 saturated heterocycles. The predicted molar refractivity (Wildman–Crippen MR) is 73.4 cm³/mol. The van der Waals surface area contributed by atoms with Crippen LogP contribution in [0.25, 0.3) is 0 Å². The average molecular weight is 242 g/mol. The van der Waals surface area contributed by atoms with Crippen LogP contribution in [0.1, 0.15) is 40.5 Å². The van der Waals surface area contributed by atoms with Crippen LogP contribution in [0.4, 0.5) is 0 Å². The van der Waals surface area contributed by atoms with Crippen molar-refractivity contribution in [2.75, 3.05) is 26.8 Å². The van der Waals surface area contributed by atoms with Crippen molar-refractivity contribution in [1.29, 1.82) is 0 Å². The first-order valence-electron chi connectivity index (χ1n) is 7.09. The highest BCUT2D eigenvalue weighted by Crippen LogP contribution is 2.26. The molecule has 3 heteroatoms. The van der Waals surface area contributed by atoms with Crippen LogP contribution in [-0.2, 0) is 4.74 Å². The van der Waals surface area contributed by atoms with Gasteiger partial charge in [0.25, 0.3) is 0 Å². The number of methoxy groups -OCH3 is 1. The third-order valence-electron chi connectivity index (χ3n) is 4.39. The maximum absolute atomic E-state index is 5.19. The monoisotopic (exact) mass is 242 g/mol. The zero-order valence-electron chi connectivity index (χ0n) is 12.2. The lowest BCUT2D eigenvalue weighted by Crippen LogP contribution is -2.55. The molecule has 0 aliphatic carbocycles. The third kappa shape index (κ3) is 3.94. The van der Waals surface area contributed by atoms with Crippen molar-refractivity contribution in [3.63, 3.8) is 0 Å². The largest absolute Gasteiger partial charge is 0.385 e. The fourth-order valence-electron chi connectivity index (χ4n) is 3.02. The van der Waals surface area contributed by atoms with Gasteiger partial charge in [-0.2, -0.15) is 0 Å². The van der Waals surface area contributed by atoms with Crippen LogP contribution in [0, 0.1) is 5.92 Å². The van der Waals surface area contributed by atoms with Gasteiger partial charge in [0.2, 0.25) is 0 Å². The second kappa shape index (κ2) is 7.34. The van der Waals surface area contributed by atoms with E-state index in [4.69, 9.17) is 4.74 Å². The van der Waals surface area contributed by atoms with Crippen LogP contribution in [0.5, 0.6) is 0 Å². The van der Waals surface area contributed by atoms with Gasteiger partial charge in [-0.15, -0.1) is 0 Å². The van der Waals surface area contributed by atoms with E-state index in [2.05, 4.69) is 37.9 Å². The van der Waals surface area contributed by atoms with E-state index >= 15 is 0 Å². The summed E-state index contributed by atoms with van der Waals surface area (Å²) >= 11 is 0. The molecule has 3 nitrogen and oxygen atoms in total. The molecule has 1 aliphatic heterocycles. The van der Waals surface area contributed by atoms with Crippen molar-refractivity contribution >= 4 is 0 Å². The molecule has 0 aromatic carbocycles. The molecule has 0 aromatic heterocycles. The molecular formula is C14H30N2O. The van der Waals surface area contributed by atoms with Gasteiger partial charge in [-0.25, -0.2) is 0 Å². The Bertz CT molecular complexity index is 210. The Hall–Kier alpha value is -0.120. The number of likely N-dealkylation sites (tertiary alicyclic amines) is 1. The van der Waals surface area contributed by atoms with E-state index in [-0.39, 0.29) is 0 Å². The summed E-state index contributed by atoms with van der Waals surface area (Å²) in [5, 5.41) is 3.62. The van der Waals surface area contributed by atoms with E-state index in [1.165, 1.54) is 13.0 Å². The number of ether oxygens (including phenoxy) is 1. The van der Waals surface area contributed by atoms with Crippen LogP contribution in [0.3, 0.4) is 0 Å². The zero-order valence-corrected chi connectivity index (χ0v) is 12.2. The van der Waals surface area contributed by atoms with Crippen LogP contribution in [0.2, 0.25) is 0 Å². The molecule has 4 unspecified atom stereocenters. The Morgan fingerprint density at radius 1 is 1.41 bits per heavy atom. The summed E-state index contributed by atoms with van der Waals surface area (Å²) < 4.78 is 5.19. The topological polar surface area (TPSA) is 24.5 Å². The minimum absolute atomic E-state index is 0.634. The zero-order chi connectivity index (χ0) is 12.8. The van der Waals surface area contributed by atoms with Gasteiger partial charge in [-0.1, -0.05) is 13.8 Å². The Kier molecular flexibility index (Phi) is 6.45. The number of nitrogens with one attached hydrogen (secondary N) is 1. The smallest absolute Gasteiger partial charge is 0.0477 e. The van der Waals surface area contributed by atoms with Crippen molar-refractivity contribution in [3.05, 3.63) is 0 Å². The molecule has 0 spiro atoms. The van der Waals surface area contributed by atoms with Crippen molar-refractivity contribution in [2.24, 2.45) is 5.92 Å². The molecule has 17 heavy (non-hydrogen) atoms. The molecule has 0 radical (unpaired) electrons. The molecule has 0 saturated carbocycles. The SMILES string of the molecule is CCNC1CCN(C(C)CCOC)C(C)C1C. The summed E-state index contributed by atoms with van der Waals surface area (Å²) in [7, 11) is 1.79. The van der Waals surface area contributed by atoms with Crippen molar-refractivity contribution in [3.8, 4) is 0 Å². The highest BCUT2D eigenvalue weighted by molar-refractivity contribution is 4.90. The predicted octanol–water partition coefficient (Wildman–Crippen LogP) is 2.12. The Morgan fingerprint density at radius 2 is 2.12 bits per heavy atom. The first-order chi connectivity index (χ1) is 8.11. The highest BCUT2D eigenvalue weighted by Gasteiger charge is 2.33. The minimum Gasteiger partial charge on any atom is -0.385 e. The molecule has 1 fully saturated rings. The van der Waals surface area contributed by atoms with Gasteiger partial charge >= 0.3 is 0 Å². The molecule has 1 heterocycles. The van der Waals surface area contributed by atoms with Gasteiger partial charge in [0.05, 0.1) is 0 Å². The van der Waals surface area contributed by atoms with Gasteiger partial charge < -0.3 is 10.1 Å². The fraction of sp³-hybridized carbons (Fsp3) is 1.00. The molecule has 1 rings (SSSR count). The van der Waals surface area contributed by atoms with E-state index in [9.17, 15) is 0 Å². The van der Waals surface area contributed by atoms with Crippen molar-refractivity contribution < 1.29 is 4.74 Å². The summed E-state index contributed by atoms with van der Waals surface area (Å²) in [5.41, 5.74) is 0. The van der Waals surface area contributed by atoms with Crippen LogP contribution >= 0.6 is 0 Å². The van der Waals surface area contributed by atoms with Gasteiger partial charge in [-0.05, 0) is 39.2 Å². The number of nitrogens with zero attached hydrogens (tertiary/aromatic N) is 1. The standard InChI is InChI=1S/C14H30N2O/c1-6-15-14-7-9-16(13(4)12(14)3)11(2)8-10-17-5/h11-15H,6-10H2,1-5H3. The van der Waals surface area contributed by atoms with Gasteiger partial charge in [0.15, 0.2) is 0 Å². The summed E-state index contributed by atoms with van der Waals surface area (Å²) in [6, 6.07) is 2.00. The lowest BCUT2D eigenvalue weighted by molar-refractivity contribution is 0.0398. The molecule has 102 valence electrons. The second-order valence-electron chi connectivity index (χ2n) is 5.42. The van der Waals surface area contributed by atoms with E-state index in [0.717, 1.165) is 25.5 Å².